The zero-order chi connectivity index (χ0) is 11.1. The van der Waals surface area contributed by atoms with Gasteiger partial charge in [-0.25, -0.2) is 0 Å². The summed E-state index contributed by atoms with van der Waals surface area (Å²) in [7, 11) is 0. The van der Waals surface area contributed by atoms with Gasteiger partial charge in [0.25, 0.3) is 0 Å². The minimum absolute atomic E-state index is 0.457. The Morgan fingerprint density at radius 3 is 2.73 bits per heavy atom. The molecular formula is C11H19BrClNO. The zero-order valence-electron chi connectivity index (χ0n) is 9.22. The average molecular weight is 297 g/mol. The lowest BCUT2D eigenvalue weighted by Crippen LogP contribution is -2.38. The molecule has 0 aromatic heterocycles. The first-order valence-electron chi connectivity index (χ1n) is 5.42. The summed E-state index contributed by atoms with van der Waals surface area (Å²) in [6, 6.07) is 0. The Morgan fingerprint density at radius 2 is 2.20 bits per heavy atom. The molecule has 1 aliphatic rings. The van der Waals surface area contributed by atoms with Crippen molar-refractivity contribution in [2.75, 3.05) is 31.6 Å². The van der Waals surface area contributed by atoms with E-state index in [2.05, 4.69) is 27.8 Å². The third kappa shape index (κ3) is 5.34. The van der Waals surface area contributed by atoms with Crippen LogP contribution in [0.4, 0.5) is 0 Å². The maximum atomic E-state index is 5.70. The molecule has 1 rings (SSSR count). The average Bonchev–Trinajstić information content (AvgIpc) is 2.28. The highest BCUT2D eigenvalue weighted by Gasteiger charge is 2.19. The quantitative estimate of drug-likeness (QED) is 0.723. The first kappa shape index (κ1) is 13.5. The first-order valence-corrected chi connectivity index (χ1v) is 6.98. The minimum Gasteiger partial charge on any atom is -0.377 e. The van der Waals surface area contributed by atoms with Gasteiger partial charge in [-0.2, -0.15) is 0 Å². The molecule has 88 valence electrons. The number of ether oxygens (including phenoxy) is 1. The fourth-order valence-corrected chi connectivity index (χ4v) is 2.09. The molecule has 0 N–H and O–H groups in total. The van der Waals surface area contributed by atoms with E-state index in [4.69, 9.17) is 16.3 Å². The minimum atomic E-state index is 0.457. The molecule has 0 unspecified atom stereocenters. The van der Waals surface area contributed by atoms with Gasteiger partial charge < -0.3 is 4.74 Å². The fourth-order valence-electron chi connectivity index (χ4n) is 1.83. The van der Waals surface area contributed by atoms with Crippen LogP contribution in [0.5, 0.6) is 0 Å². The molecule has 0 amide bonds. The second kappa shape index (κ2) is 7.66. The molecular weight excluding hydrogens is 277 g/mol. The van der Waals surface area contributed by atoms with E-state index in [1.807, 2.05) is 0 Å². The number of nitrogens with zero attached hydrogens (tertiary/aromatic N) is 1. The Labute approximate surface area is 106 Å². The van der Waals surface area contributed by atoms with Crippen molar-refractivity contribution >= 4 is 27.5 Å². The summed E-state index contributed by atoms with van der Waals surface area (Å²) in [6.07, 6.45) is 2.74. The standard InChI is InChI=1S/C11H19BrClNO/c1-10(8-13)9-14-5-2-11(3-6-14)15-7-4-12/h8,11H,2-7,9H2,1H3. The first-order chi connectivity index (χ1) is 7.26. The summed E-state index contributed by atoms with van der Waals surface area (Å²) < 4.78 is 5.70. The summed E-state index contributed by atoms with van der Waals surface area (Å²) in [5.74, 6) is 0. The highest BCUT2D eigenvalue weighted by molar-refractivity contribution is 9.09. The van der Waals surface area contributed by atoms with Crippen molar-refractivity contribution in [3.63, 3.8) is 0 Å². The van der Waals surface area contributed by atoms with Crippen molar-refractivity contribution in [3.05, 3.63) is 11.1 Å². The van der Waals surface area contributed by atoms with Gasteiger partial charge in [-0.05, 0) is 25.3 Å². The van der Waals surface area contributed by atoms with Crippen LogP contribution in [0.25, 0.3) is 0 Å². The highest BCUT2D eigenvalue weighted by Crippen LogP contribution is 2.15. The van der Waals surface area contributed by atoms with Crippen molar-refractivity contribution < 1.29 is 4.74 Å². The number of likely N-dealkylation sites (tertiary alicyclic amines) is 1. The van der Waals surface area contributed by atoms with Gasteiger partial charge >= 0.3 is 0 Å². The zero-order valence-corrected chi connectivity index (χ0v) is 11.6. The van der Waals surface area contributed by atoms with E-state index in [9.17, 15) is 0 Å². The molecule has 1 saturated heterocycles. The third-order valence-corrected chi connectivity index (χ3v) is 3.32. The molecule has 0 bridgehead atoms. The highest BCUT2D eigenvalue weighted by atomic mass is 79.9. The Bertz CT molecular complexity index is 203. The maximum absolute atomic E-state index is 5.70. The number of piperidine rings is 1. The Kier molecular flexibility index (Phi) is 6.89. The smallest absolute Gasteiger partial charge is 0.0599 e. The normalized spacial score (nSPS) is 20.9. The van der Waals surface area contributed by atoms with Gasteiger partial charge in [0.05, 0.1) is 12.7 Å². The molecule has 1 fully saturated rings. The van der Waals surface area contributed by atoms with Gasteiger partial charge in [-0.3, -0.25) is 4.90 Å². The van der Waals surface area contributed by atoms with Gasteiger partial charge in [0.1, 0.15) is 0 Å². The predicted octanol–water partition coefficient (Wildman–Crippen LogP) is 3.00. The van der Waals surface area contributed by atoms with Gasteiger partial charge in [-0.1, -0.05) is 27.5 Å². The van der Waals surface area contributed by atoms with Gasteiger partial charge in [0, 0.05) is 30.5 Å². The Balaban J connectivity index is 2.18. The monoisotopic (exact) mass is 295 g/mol. The van der Waals surface area contributed by atoms with Crippen LogP contribution >= 0.6 is 27.5 Å². The van der Waals surface area contributed by atoms with Crippen LogP contribution in [0.1, 0.15) is 19.8 Å². The summed E-state index contributed by atoms with van der Waals surface area (Å²) >= 11 is 9.02. The lowest BCUT2D eigenvalue weighted by Gasteiger charge is -2.31. The molecule has 0 aliphatic carbocycles. The largest absolute Gasteiger partial charge is 0.377 e. The van der Waals surface area contributed by atoms with E-state index in [1.54, 1.807) is 5.54 Å². The molecule has 2 nitrogen and oxygen atoms in total. The second-order valence-electron chi connectivity index (χ2n) is 3.99. The lowest BCUT2D eigenvalue weighted by atomic mass is 10.1. The molecule has 0 aromatic carbocycles. The van der Waals surface area contributed by atoms with Crippen molar-refractivity contribution in [1.82, 2.24) is 4.90 Å². The number of hydrogen-bond donors (Lipinski definition) is 0. The molecule has 0 atom stereocenters. The van der Waals surface area contributed by atoms with E-state index in [-0.39, 0.29) is 0 Å². The molecule has 0 radical (unpaired) electrons. The van der Waals surface area contributed by atoms with Crippen LogP contribution < -0.4 is 0 Å². The lowest BCUT2D eigenvalue weighted by molar-refractivity contribution is 0.0179. The van der Waals surface area contributed by atoms with Gasteiger partial charge in [0.2, 0.25) is 0 Å². The predicted molar refractivity (Wildman–Crippen MR) is 68.8 cm³/mol. The molecule has 15 heavy (non-hydrogen) atoms. The van der Waals surface area contributed by atoms with Crippen LogP contribution in [0.3, 0.4) is 0 Å². The van der Waals surface area contributed by atoms with Crippen molar-refractivity contribution in [1.29, 1.82) is 0 Å². The van der Waals surface area contributed by atoms with Crippen molar-refractivity contribution in [3.8, 4) is 0 Å². The summed E-state index contributed by atoms with van der Waals surface area (Å²) in [5, 5.41) is 0.932. The Morgan fingerprint density at radius 1 is 1.53 bits per heavy atom. The van der Waals surface area contributed by atoms with Gasteiger partial charge in [0.15, 0.2) is 0 Å². The van der Waals surface area contributed by atoms with E-state index >= 15 is 0 Å². The van der Waals surface area contributed by atoms with Crippen LogP contribution in [-0.4, -0.2) is 42.6 Å². The van der Waals surface area contributed by atoms with E-state index < -0.39 is 0 Å². The summed E-state index contributed by atoms with van der Waals surface area (Å²) in [5.41, 5.74) is 2.91. The topological polar surface area (TPSA) is 12.5 Å². The van der Waals surface area contributed by atoms with E-state index in [1.165, 1.54) is 5.57 Å². The second-order valence-corrected chi connectivity index (χ2v) is 5.00. The number of alkyl halides is 1. The van der Waals surface area contributed by atoms with E-state index in [0.717, 1.165) is 44.4 Å². The summed E-state index contributed by atoms with van der Waals surface area (Å²) in [6.45, 7) is 6.13. The number of halogens is 2. The Hall–Kier alpha value is 0.430. The molecule has 1 heterocycles. The maximum Gasteiger partial charge on any atom is 0.0599 e. The fraction of sp³-hybridized carbons (Fsp3) is 0.818. The third-order valence-electron chi connectivity index (χ3n) is 2.62. The molecule has 4 heteroatoms. The van der Waals surface area contributed by atoms with Crippen LogP contribution in [0, 0.1) is 0 Å². The number of rotatable bonds is 5. The molecule has 0 saturated carbocycles. The van der Waals surface area contributed by atoms with E-state index in [0.29, 0.717) is 6.10 Å². The molecule has 0 spiro atoms. The SMILES string of the molecule is CC(=CCl)CN1CCC(OCCBr)CC1. The molecule has 1 aliphatic heterocycles. The van der Waals surface area contributed by atoms with Crippen molar-refractivity contribution in [2.45, 2.75) is 25.9 Å². The summed E-state index contributed by atoms with van der Waals surface area (Å²) in [4.78, 5) is 2.43. The van der Waals surface area contributed by atoms with Crippen LogP contribution in [-0.2, 0) is 4.74 Å². The van der Waals surface area contributed by atoms with Crippen LogP contribution in [0.2, 0.25) is 0 Å². The number of hydrogen-bond acceptors (Lipinski definition) is 2. The van der Waals surface area contributed by atoms with Gasteiger partial charge in [-0.15, -0.1) is 0 Å². The molecule has 0 aromatic rings. The van der Waals surface area contributed by atoms with Crippen LogP contribution in [0.15, 0.2) is 11.1 Å². The van der Waals surface area contributed by atoms with Crippen molar-refractivity contribution in [2.24, 2.45) is 0 Å².